The van der Waals surface area contributed by atoms with Crippen LogP contribution < -0.4 is 10.2 Å². The summed E-state index contributed by atoms with van der Waals surface area (Å²) in [6.07, 6.45) is 2.98. The maximum atomic E-state index is 13.8. The van der Waals surface area contributed by atoms with Crippen LogP contribution in [-0.4, -0.2) is 24.0 Å². The summed E-state index contributed by atoms with van der Waals surface area (Å²) in [5.74, 6) is 0.136. The van der Waals surface area contributed by atoms with Gasteiger partial charge in [-0.05, 0) is 42.7 Å². The van der Waals surface area contributed by atoms with Crippen molar-refractivity contribution in [2.75, 3.05) is 18.0 Å². The number of nitrogens with zero attached hydrogens (tertiary/aromatic N) is 1. The molecule has 5 rings (SSSR count). The molecule has 1 aromatic heterocycles. The number of para-hydroxylation sites is 1. The third-order valence-electron chi connectivity index (χ3n) is 5.91. The fraction of sp³-hybridized carbons (Fsp3) is 0.318. The average molecular weight is 424 g/mol. The van der Waals surface area contributed by atoms with Gasteiger partial charge in [-0.2, -0.15) is 0 Å². The Morgan fingerprint density at radius 3 is 2.93 bits per heavy atom. The number of benzene rings is 2. The van der Waals surface area contributed by atoms with E-state index >= 15 is 0 Å². The second-order valence-electron chi connectivity index (χ2n) is 7.42. The molecule has 1 amide bonds. The number of aromatic amines is 1. The van der Waals surface area contributed by atoms with Crippen molar-refractivity contribution in [1.82, 2.24) is 10.3 Å². The van der Waals surface area contributed by atoms with E-state index in [0.717, 1.165) is 59.3 Å². The zero-order chi connectivity index (χ0) is 18.6. The highest BCUT2D eigenvalue weighted by molar-refractivity contribution is 9.10. The minimum absolute atomic E-state index is 0.136. The number of carbonyl (C=O) groups excluding carboxylic acids is 1. The van der Waals surface area contributed by atoms with Crippen molar-refractivity contribution in [3.8, 4) is 0 Å². The zero-order valence-corrected chi connectivity index (χ0v) is 16.9. The second kappa shape index (κ2) is 6.21. The zero-order valence-electron chi connectivity index (χ0n) is 15.3. The minimum atomic E-state index is -0.820. The minimum Gasteiger partial charge on any atom is -0.356 e. The monoisotopic (exact) mass is 423 g/mol. The maximum absolute atomic E-state index is 13.8. The van der Waals surface area contributed by atoms with Crippen molar-refractivity contribution in [3.05, 3.63) is 63.8 Å². The molecule has 138 valence electrons. The summed E-state index contributed by atoms with van der Waals surface area (Å²) in [6.45, 7) is 3.70. The quantitative estimate of drug-likeness (QED) is 0.652. The third kappa shape index (κ3) is 2.28. The van der Waals surface area contributed by atoms with Gasteiger partial charge in [-0.15, -0.1) is 0 Å². The van der Waals surface area contributed by atoms with Crippen molar-refractivity contribution >= 4 is 38.4 Å². The molecule has 2 aliphatic heterocycles. The van der Waals surface area contributed by atoms with Crippen LogP contribution in [0.15, 0.2) is 46.9 Å². The maximum Gasteiger partial charge on any atom is 0.258 e. The van der Waals surface area contributed by atoms with Gasteiger partial charge in [0.25, 0.3) is 5.91 Å². The molecule has 5 heteroatoms. The van der Waals surface area contributed by atoms with Crippen LogP contribution in [0, 0.1) is 0 Å². The lowest BCUT2D eigenvalue weighted by molar-refractivity contribution is -0.123. The standard InChI is InChI=1S/C22H22BrN3O/c1-2-3-12-26-19-9-8-14(23)13-17(19)22(21(26)27)20-16(10-11-24-22)15-6-4-5-7-18(15)25-20/h4-9,13,24-25H,2-3,10-12H2,1H3. The van der Waals surface area contributed by atoms with Crippen LogP contribution in [-0.2, 0) is 16.8 Å². The smallest absolute Gasteiger partial charge is 0.258 e. The molecule has 0 aliphatic carbocycles. The number of halogens is 1. The summed E-state index contributed by atoms with van der Waals surface area (Å²) in [5, 5.41) is 4.83. The van der Waals surface area contributed by atoms with Gasteiger partial charge in [0.15, 0.2) is 5.54 Å². The van der Waals surface area contributed by atoms with E-state index in [1.807, 2.05) is 17.0 Å². The summed E-state index contributed by atoms with van der Waals surface area (Å²) in [5.41, 5.74) is 4.63. The van der Waals surface area contributed by atoms with Crippen LogP contribution >= 0.6 is 15.9 Å². The number of rotatable bonds is 3. The van der Waals surface area contributed by atoms with Crippen LogP contribution in [0.2, 0.25) is 0 Å². The topological polar surface area (TPSA) is 48.1 Å². The summed E-state index contributed by atoms with van der Waals surface area (Å²) in [6, 6.07) is 14.6. The van der Waals surface area contributed by atoms with E-state index in [2.05, 4.69) is 63.5 Å². The van der Waals surface area contributed by atoms with Gasteiger partial charge in [-0.1, -0.05) is 47.5 Å². The Hall–Kier alpha value is -2.11. The summed E-state index contributed by atoms with van der Waals surface area (Å²) in [7, 11) is 0. The highest BCUT2D eigenvalue weighted by atomic mass is 79.9. The lowest BCUT2D eigenvalue weighted by Crippen LogP contribution is -2.55. The number of unbranched alkanes of at least 4 members (excludes halogenated alkanes) is 1. The molecule has 3 aromatic rings. The predicted octanol–water partition coefficient (Wildman–Crippen LogP) is 4.47. The first-order valence-corrected chi connectivity index (χ1v) is 10.4. The molecule has 3 heterocycles. The molecule has 1 spiro atoms. The fourth-order valence-corrected chi connectivity index (χ4v) is 5.03. The van der Waals surface area contributed by atoms with Crippen LogP contribution in [0.25, 0.3) is 10.9 Å². The molecule has 27 heavy (non-hydrogen) atoms. The van der Waals surface area contributed by atoms with Crippen LogP contribution in [0.5, 0.6) is 0 Å². The average Bonchev–Trinajstić information content (AvgIpc) is 3.17. The number of amides is 1. The van der Waals surface area contributed by atoms with E-state index < -0.39 is 5.54 Å². The number of H-pyrrole nitrogens is 1. The highest BCUT2D eigenvalue weighted by Gasteiger charge is 2.55. The van der Waals surface area contributed by atoms with Gasteiger partial charge >= 0.3 is 0 Å². The molecule has 0 saturated heterocycles. The van der Waals surface area contributed by atoms with Gasteiger partial charge in [0, 0.05) is 39.7 Å². The van der Waals surface area contributed by atoms with E-state index in [1.165, 1.54) is 10.9 Å². The highest BCUT2D eigenvalue weighted by Crippen LogP contribution is 2.48. The third-order valence-corrected chi connectivity index (χ3v) is 6.40. The Morgan fingerprint density at radius 1 is 1.22 bits per heavy atom. The number of carbonyl (C=O) groups is 1. The Balaban J connectivity index is 1.78. The number of nitrogens with one attached hydrogen (secondary N) is 2. The van der Waals surface area contributed by atoms with Crippen LogP contribution in [0.4, 0.5) is 5.69 Å². The Bertz CT molecular complexity index is 1060. The second-order valence-corrected chi connectivity index (χ2v) is 8.34. The van der Waals surface area contributed by atoms with E-state index in [0.29, 0.717) is 0 Å². The van der Waals surface area contributed by atoms with Gasteiger partial charge in [0.1, 0.15) is 0 Å². The number of hydrogen-bond acceptors (Lipinski definition) is 2. The van der Waals surface area contributed by atoms with Gasteiger partial charge in [-0.25, -0.2) is 0 Å². The SMILES string of the molecule is CCCCN1C(=O)C2(NCCc3c2[nH]c2ccccc32)c2cc(Br)ccc21. The fourth-order valence-electron chi connectivity index (χ4n) is 4.66. The van der Waals surface area contributed by atoms with Crippen LogP contribution in [0.3, 0.4) is 0 Å². The Labute approximate surface area is 167 Å². The molecular weight excluding hydrogens is 402 g/mol. The molecule has 2 aromatic carbocycles. The van der Waals surface area contributed by atoms with Gasteiger partial charge in [-0.3, -0.25) is 10.1 Å². The molecular formula is C22H22BrN3O. The number of anilines is 1. The molecule has 4 nitrogen and oxygen atoms in total. The number of aromatic nitrogens is 1. The normalized spacial score (nSPS) is 21.1. The summed E-state index contributed by atoms with van der Waals surface area (Å²) in [4.78, 5) is 19.4. The van der Waals surface area contributed by atoms with Gasteiger partial charge in [0.2, 0.25) is 0 Å². The summed E-state index contributed by atoms with van der Waals surface area (Å²) < 4.78 is 0.996. The molecule has 0 bridgehead atoms. The van der Waals surface area contributed by atoms with E-state index in [9.17, 15) is 4.79 Å². The van der Waals surface area contributed by atoms with Gasteiger partial charge < -0.3 is 9.88 Å². The molecule has 0 fully saturated rings. The molecule has 1 atom stereocenters. The first-order chi connectivity index (χ1) is 13.2. The van der Waals surface area contributed by atoms with E-state index in [1.54, 1.807) is 0 Å². The van der Waals surface area contributed by atoms with Crippen molar-refractivity contribution in [3.63, 3.8) is 0 Å². The van der Waals surface area contributed by atoms with E-state index in [-0.39, 0.29) is 5.91 Å². The predicted molar refractivity (Wildman–Crippen MR) is 112 cm³/mol. The summed E-state index contributed by atoms with van der Waals surface area (Å²) >= 11 is 3.61. The lowest BCUT2D eigenvalue weighted by Gasteiger charge is -2.34. The van der Waals surface area contributed by atoms with Crippen molar-refractivity contribution in [2.45, 2.75) is 31.7 Å². The van der Waals surface area contributed by atoms with Crippen molar-refractivity contribution in [2.24, 2.45) is 0 Å². The first-order valence-electron chi connectivity index (χ1n) is 9.64. The molecule has 0 saturated carbocycles. The van der Waals surface area contributed by atoms with Crippen molar-refractivity contribution in [1.29, 1.82) is 0 Å². The Morgan fingerprint density at radius 2 is 2.07 bits per heavy atom. The first kappa shape index (κ1) is 17.0. The molecule has 2 N–H and O–H groups in total. The number of fused-ring (bicyclic) bond motifs is 6. The van der Waals surface area contributed by atoms with Crippen LogP contribution in [0.1, 0.15) is 36.6 Å². The molecule has 1 unspecified atom stereocenters. The van der Waals surface area contributed by atoms with Crippen molar-refractivity contribution < 1.29 is 4.79 Å². The lowest BCUT2D eigenvalue weighted by atomic mass is 9.82. The Kier molecular flexibility index (Phi) is 3.92. The largest absolute Gasteiger partial charge is 0.356 e. The van der Waals surface area contributed by atoms with Gasteiger partial charge in [0.05, 0.1) is 5.69 Å². The van der Waals surface area contributed by atoms with E-state index in [4.69, 9.17) is 0 Å². The molecule has 2 aliphatic rings. The number of hydrogen-bond donors (Lipinski definition) is 2. The molecule has 0 radical (unpaired) electrons.